The monoisotopic (exact) mass is 252 g/mol. The largest absolute Gasteiger partial charge is 0.336 e. The summed E-state index contributed by atoms with van der Waals surface area (Å²) in [5, 5.41) is 13.2. The highest BCUT2D eigenvalue weighted by atomic mass is 16.2. The van der Waals surface area contributed by atoms with Gasteiger partial charge >= 0.3 is 0 Å². The minimum Gasteiger partial charge on any atom is -0.336 e. The fourth-order valence-corrected chi connectivity index (χ4v) is 2.37. The molecule has 1 aromatic rings. The molecule has 2 rings (SSSR count). The highest BCUT2D eigenvalue weighted by Gasteiger charge is 2.28. The van der Waals surface area contributed by atoms with E-state index in [1.165, 1.54) is 0 Å². The van der Waals surface area contributed by atoms with Gasteiger partial charge in [0.25, 0.3) is 11.7 Å². The number of hydrogen-bond donors (Lipinski definition) is 1. The molecule has 1 saturated heterocycles. The van der Waals surface area contributed by atoms with Crippen molar-refractivity contribution in [1.29, 1.82) is 0 Å². The number of aromatic amines is 1. The third-order valence-corrected chi connectivity index (χ3v) is 3.63. The molecule has 18 heavy (non-hydrogen) atoms. The first kappa shape index (κ1) is 12.9. The molecule has 0 atom stereocenters. The number of aromatic nitrogens is 4. The van der Waals surface area contributed by atoms with Crippen molar-refractivity contribution in [3.63, 3.8) is 0 Å². The second-order valence-electron chi connectivity index (χ2n) is 5.01. The summed E-state index contributed by atoms with van der Waals surface area (Å²) in [4.78, 5) is 16.2. The number of hydrogen-bond acceptors (Lipinski definition) is 5. The van der Waals surface area contributed by atoms with Crippen molar-refractivity contribution >= 4 is 5.91 Å². The maximum Gasteiger partial charge on any atom is 0.295 e. The average molecular weight is 252 g/mol. The number of tetrazole rings is 1. The van der Waals surface area contributed by atoms with E-state index in [2.05, 4.69) is 39.4 Å². The number of piperidine rings is 1. The summed E-state index contributed by atoms with van der Waals surface area (Å²) in [5.41, 5.74) is 0. The second kappa shape index (κ2) is 5.43. The molecule has 0 spiro atoms. The molecule has 7 heteroatoms. The van der Waals surface area contributed by atoms with Crippen LogP contribution in [0.2, 0.25) is 0 Å². The summed E-state index contributed by atoms with van der Waals surface area (Å²) in [5.74, 6) is -0.0180. The lowest BCUT2D eigenvalue weighted by Gasteiger charge is -2.38. The highest BCUT2D eigenvalue weighted by molar-refractivity contribution is 5.90. The number of nitrogens with one attached hydrogen (secondary N) is 1. The standard InChI is InChI=1S/C11H20N6O/c1-8(2)17-6-4-9(5-7-17)16(3)11(18)10-12-14-15-13-10/h8-9H,4-7H2,1-3H3,(H,12,13,14,15). The van der Waals surface area contributed by atoms with E-state index in [-0.39, 0.29) is 17.8 Å². The zero-order chi connectivity index (χ0) is 13.1. The zero-order valence-corrected chi connectivity index (χ0v) is 11.1. The van der Waals surface area contributed by atoms with E-state index in [9.17, 15) is 4.79 Å². The first-order valence-corrected chi connectivity index (χ1v) is 6.34. The number of nitrogens with zero attached hydrogens (tertiary/aromatic N) is 5. The first-order chi connectivity index (χ1) is 8.59. The first-order valence-electron chi connectivity index (χ1n) is 6.34. The van der Waals surface area contributed by atoms with Gasteiger partial charge in [-0.3, -0.25) is 4.79 Å². The predicted molar refractivity (Wildman–Crippen MR) is 66.0 cm³/mol. The van der Waals surface area contributed by atoms with E-state index in [1.54, 1.807) is 4.90 Å². The third kappa shape index (κ3) is 2.66. The summed E-state index contributed by atoms with van der Waals surface area (Å²) in [6.45, 7) is 6.47. The van der Waals surface area contributed by atoms with Crippen LogP contribution in [0.15, 0.2) is 0 Å². The maximum absolute atomic E-state index is 12.0. The van der Waals surface area contributed by atoms with Gasteiger partial charge in [-0.25, -0.2) is 0 Å². The third-order valence-electron chi connectivity index (χ3n) is 3.63. The molecule has 0 aromatic carbocycles. The number of H-pyrrole nitrogens is 1. The molecule has 0 radical (unpaired) electrons. The van der Waals surface area contributed by atoms with Gasteiger partial charge in [-0.05, 0) is 31.9 Å². The lowest BCUT2D eigenvalue weighted by Crippen LogP contribution is -2.47. The van der Waals surface area contributed by atoms with Gasteiger partial charge in [0, 0.05) is 32.2 Å². The lowest BCUT2D eigenvalue weighted by atomic mass is 10.0. The number of carbonyl (C=O) groups is 1. The summed E-state index contributed by atoms with van der Waals surface area (Å²) < 4.78 is 0. The van der Waals surface area contributed by atoms with E-state index in [0.29, 0.717) is 6.04 Å². The van der Waals surface area contributed by atoms with Crippen molar-refractivity contribution in [2.75, 3.05) is 20.1 Å². The molecule has 0 bridgehead atoms. The van der Waals surface area contributed by atoms with E-state index < -0.39 is 0 Å². The van der Waals surface area contributed by atoms with Crippen LogP contribution in [0.4, 0.5) is 0 Å². The van der Waals surface area contributed by atoms with E-state index in [4.69, 9.17) is 0 Å². The molecule has 0 saturated carbocycles. The Balaban J connectivity index is 1.91. The van der Waals surface area contributed by atoms with Gasteiger partial charge in [0.1, 0.15) is 0 Å². The van der Waals surface area contributed by atoms with Crippen molar-refractivity contribution < 1.29 is 4.79 Å². The second-order valence-corrected chi connectivity index (χ2v) is 5.01. The van der Waals surface area contributed by atoms with Crippen molar-refractivity contribution in [3.8, 4) is 0 Å². The Morgan fingerprint density at radius 3 is 2.61 bits per heavy atom. The van der Waals surface area contributed by atoms with Crippen molar-refractivity contribution in [2.24, 2.45) is 0 Å². The molecule has 1 fully saturated rings. The van der Waals surface area contributed by atoms with Crippen molar-refractivity contribution in [3.05, 3.63) is 5.82 Å². The highest BCUT2D eigenvalue weighted by Crippen LogP contribution is 2.18. The lowest BCUT2D eigenvalue weighted by molar-refractivity contribution is 0.0604. The van der Waals surface area contributed by atoms with Gasteiger partial charge in [0.2, 0.25) is 0 Å². The molecule has 1 aliphatic rings. The summed E-state index contributed by atoms with van der Waals surface area (Å²) in [6.07, 6.45) is 2.00. The van der Waals surface area contributed by atoms with Crippen LogP contribution in [0.3, 0.4) is 0 Å². The minimum absolute atomic E-state index is 0.142. The Hall–Kier alpha value is -1.50. The molecule has 1 aliphatic heterocycles. The van der Waals surface area contributed by atoms with Crippen LogP contribution in [-0.2, 0) is 0 Å². The molecule has 0 aliphatic carbocycles. The predicted octanol–water partition coefficient (Wildman–Crippen LogP) is 0.144. The van der Waals surface area contributed by atoms with Crippen LogP contribution < -0.4 is 0 Å². The van der Waals surface area contributed by atoms with E-state index in [1.807, 2.05) is 7.05 Å². The fourth-order valence-electron chi connectivity index (χ4n) is 2.37. The number of amides is 1. The van der Waals surface area contributed by atoms with Crippen LogP contribution >= 0.6 is 0 Å². The number of rotatable bonds is 3. The van der Waals surface area contributed by atoms with Crippen LogP contribution in [-0.4, -0.2) is 68.6 Å². The molecule has 100 valence electrons. The number of likely N-dealkylation sites (tertiary alicyclic amines) is 1. The average Bonchev–Trinajstić information content (AvgIpc) is 2.91. The van der Waals surface area contributed by atoms with Crippen LogP contribution in [0.1, 0.15) is 37.3 Å². The van der Waals surface area contributed by atoms with Gasteiger partial charge in [-0.2, -0.15) is 5.21 Å². The summed E-state index contributed by atoms with van der Waals surface area (Å²) in [6, 6.07) is 0.843. The molecular weight excluding hydrogens is 232 g/mol. The molecular formula is C11H20N6O. The fraction of sp³-hybridized carbons (Fsp3) is 0.818. The SMILES string of the molecule is CC(C)N1CCC(N(C)C(=O)c2nn[nH]n2)CC1. The normalized spacial score (nSPS) is 18.2. The van der Waals surface area contributed by atoms with E-state index >= 15 is 0 Å². The van der Waals surface area contributed by atoms with Gasteiger partial charge in [-0.15, -0.1) is 10.2 Å². The van der Waals surface area contributed by atoms with E-state index in [0.717, 1.165) is 25.9 Å². The molecule has 1 amide bonds. The van der Waals surface area contributed by atoms with Gasteiger partial charge in [0.15, 0.2) is 0 Å². The van der Waals surface area contributed by atoms with Crippen LogP contribution in [0.5, 0.6) is 0 Å². The Bertz CT molecular complexity index is 382. The summed E-state index contributed by atoms with van der Waals surface area (Å²) in [7, 11) is 1.81. The Labute approximate surface area is 107 Å². The molecule has 0 unspecified atom stereocenters. The minimum atomic E-state index is -0.160. The topological polar surface area (TPSA) is 78.0 Å². The van der Waals surface area contributed by atoms with Crippen molar-refractivity contribution in [1.82, 2.24) is 30.4 Å². The van der Waals surface area contributed by atoms with Gasteiger partial charge in [-0.1, -0.05) is 0 Å². The quantitative estimate of drug-likeness (QED) is 0.828. The van der Waals surface area contributed by atoms with Crippen LogP contribution in [0, 0.1) is 0 Å². The van der Waals surface area contributed by atoms with Crippen LogP contribution in [0.25, 0.3) is 0 Å². The van der Waals surface area contributed by atoms with Gasteiger partial charge < -0.3 is 9.80 Å². The Morgan fingerprint density at radius 2 is 2.11 bits per heavy atom. The summed E-state index contributed by atoms with van der Waals surface area (Å²) >= 11 is 0. The smallest absolute Gasteiger partial charge is 0.295 e. The molecule has 2 heterocycles. The Kier molecular flexibility index (Phi) is 3.90. The molecule has 7 nitrogen and oxygen atoms in total. The van der Waals surface area contributed by atoms with Gasteiger partial charge in [0.05, 0.1) is 0 Å². The van der Waals surface area contributed by atoms with Crippen molar-refractivity contribution in [2.45, 2.75) is 38.8 Å². The maximum atomic E-state index is 12.0. The molecule has 1 N–H and O–H groups in total. The number of carbonyl (C=O) groups excluding carboxylic acids is 1. The zero-order valence-electron chi connectivity index (χ0n) is 11.1. The molecule has 1 aromatic heterocycles. The Morgan fingerprint density at radius 1 is 1.44 bits per heavy atom.